The van der Waals surface area contributed by atoms with Gasteiger partial charge in [0.1, 0.15) is 23.7 Å². The van der Waals surface area contributed by atoms with Gasteiger partial charge in [0.05, 0.1) is 10.5 Å². The highest BCUT2D eigenvalue weighted by molar-refractivity contribution is 8.08. The van der Waals surface area contributed by atoms with Gasteiger partial charge < -0.3 is 9.47 Å². The maximum Gasteiger partial charge on any atom is 0.123 e. The van der Waals surface area contributed by atoms with E-state index in [2.05, 4.69) is 47.8 Å². The number of hydrogen-bond acceptors (Lipinski definition) is 4. The van der Waals surface area contributed by atoms with Gasteiger partial charge in [-0.2, -0.15) is 0 Å². The molecule has 6 atom stereocenters. The predicted molar refractivity (Wildman–Crippen MR) is 93.3 cm³/mol. The maximum absolute atomic E-state index is 6.27. The van der Waals surface area contributed by atoms with Gasteiger partial charge in [0.25, 0.3) is 0 Å². The fourth-order valence-corrected chi connectivity index (χ4v) is 6.61. The highest BCUT2D eigenvalue weighted by atomic mass is 32.2. The molecule has 5 rings (SSSR count). The van der Waals surface area contributed by atoms with Crippen molar-refractivity contribution in [3.05, 3.63) is 24.3 Å². The Morgan fingerprint density at radius 2 is 1.32 bits per heavy atom. The fraction of sp³-hybridized carbons (Fsp3) is 0.667. The van der Waals surface area contributed by atoms with Gasteiger partial charge >= 0.3 is 0 Å². The molecule has 4 fully saturated rings. The van der Waals surface area contributed by atoms with Gasteiger partial charge in [-0.15, -0.1) is 23.5 Å². The van der Waals surface area contributed by atoms with Crippen LogP contribution in [-0.2, 0) is 0 Å². The summed E-state index contributed by atoms with van der Waals surface area (Å²) in [5, 5.41) is 3.26. The van der Waals surface area contributed by atoms with E-state index in [0.29, 0.717) is 12.2 Å². The normalized spacial score (nSPS) is 42.0. The number of ether oxygens (including phenoxy) is 2. The molecule has 0 bridgehead atoms. The summed E-state index contributed by atoms with van der Waals surface area (Å²) in [4.78, 5) is 0. The minimum atomic E-state index is 0.414. The summed E-state index contributed by atoms with van der Waals surface area (Å²) in [7, 11) is 0. The molecule has 22 heavy (non-hydrogen) atoms. The Labute approximate surface area is 140 Å². The summed E-state index contributed by atoms with van der Waals surface area (Å²) in [5.41, 5.74) is 0. The van der Waals surface area contributed by atoms with Crippen LogP contribution in [0.1, 0.15) is 38.5 Å². The van der Waals surface area contributed by atoms with Crippen molar-refractivity contribution in [1.82, 2.24) is 0 Å². The molecule has 0 amide bonds. The van der Waals surface area contributed by atoms with Crippen LogP contribution in [0.25, 0.3) is 0 Å². The second-order valence-corrected chi connectivity index (χ2v) is 9.77. The van der Waals surface area contributed by atoms with E-state index in [1.165, 1.54) is 38.5 Å². The van der Waals surface area contributed by atoms with Gasteiger partial charge in [-0.1, -0.05) is 6.07 Å². The van der Waals surface area contributed by atoms with Gasteiger partial charge in [-0.3, -0.25) is 0 Å². The second-order valence-electron chi connectivity index (χ2n) is 6.93. The Morgan fingerprint density at radius 3 is 1.86 bits per heavy atom. The molecule has 1 aromatic rings. The maximum atomic E-state index is 6.27. The summed E-state index contributed by atoms with van der Waals surface area (Å²) >= 11 is 4.21. The van der Waals surface area contributed by atoms with E-state index in [1.807, 2.05) is 0 Å². The highest BCUT2D eigenvalue weighted by Gasteiger charge is 2.48. The minimum Gasteiger partial charge on any atom is -0.489 e. The zero-order chi connectivity index (χ0) is 14.5. The van der Waals surface area contributed by atoms with Crippen molar-refractivity contribution in [1.29, 1.82) is 0 Å². The van der Waals surface area contributed by atoms with Gasteiger partial charge in [0.2, 0.25) is 0 Å². The number of benzene rings is 1. The van der Waals surface area contributed by atoms with E-state index in [-0.39, 0.29) is 0 Å². The first-order chi connectivity index (χ1) is 10.9. The molecule has 2 nitrogen and oxygen atoms in total. The number of fused-ring (bicyclic) bond motifs is 2. The largest absolute Gasteiger partial charge is 0.489 e. The lowest BCUT2D eigenvalue weighted by Crippen LogP contribution is -2.28. The van der Waals surface area contributed by atoms with Crippen LogP contribution in [0.15, 0.2) is 24.3 Å². The molecule has 2 aliphatic heterocycles. The Bertz CT molecular complexity index is 519. The monoisotopic (exact) mass is 334 g/mol. The molecule has 0 spiro atoms. The molecule has 1 aromatic carbocycles. The molecule has 118 valence electrons. The van der Waals surface area contributed by atoms with Crippen LogP contribution in [0, 0.1) is 0 Å². The van der Waals surface area contributed by atoms with Gasteiger partial charge in [-0.05, 0) is 50.7 Å². The first-order valence-corrected chi connectivity index (χ1v) is 10.5. The Hall–Kier alpha value is -0.480. The Kier molecular flexibility index (Phi) is 3.51. The van der Waals surface area contributed by atoms with Crippen LogP contribution in [-0.4, -0.2) is 33.2 Å². The smallest absolute Gasteiger partial charge is 0.123 e. The SMILES string of the molecule is c1cc(OC2CCCC3SC23)cc(OC2CCCC3SC23)c1. The van der Waals surface area contributed by atoms with E-state index < -0.39 is 0 Å². The number of hydrogen-bond donors (Lipinski definition) is 0. The van der Waals surface area contributed by atoms with Gasteiger partial charge in [0.15, 0.2) is 0 Å². The first kappa shape index (κ1) is 13.9. The zero-order valence-corrected chi connectivity index (χ0v) is 14.3. The lowest BCUT2D eigenvalue weighted by atomic mass is 9.97. The van der Waals surface area contributed by atoms with E-state index in [1.54, 1.807) is 0 Å². The average molecular weight is 335 g/mol. The minimum absolute atomic E-state index is 0.414. The van der Waals surface area contributed by atoms with Crippen molar-refractivity contribution in [2.45, 2.75) is 71.7 Å². The molecule has 2 saturated carbocycles. The first-order valence-electron chi connectivity index (χ1n) is 8.61. The molecule has 2 saturated heterocycles. The van der Waals surface area contributed by atoms with Crippen LogP contribution in [0.3, 0.4) is 0 Å². The molecular formula is C18H22O2S2. The average Bonchev–Trinajstić information content (AvgIpc) is 3.42. The Morgan fingerprint density at radius 1 is 0.773 bits per heavy atom. The molecule has 0 aromatic heterocycles. The van der Waals surface area contributed by atoms with Gasteiger partial charge in [-0.25, -0.2) is 0 Å². The van der Waals surface area contributed by atoms with Crippen LogP contribution in [0.2, 0.25) is 0 Å². The fourth-order valence-electron chi connectivity index (χ4n) is 4.02. The summed E-state index contributed by atoms with van der Waals surface area (Å²) < 4.78 is 12.5. The van der Waals surface area contributed by atoms with Gasteiger partial charge in [0, 0.05) is 16.6 Å². The molecular weight excluding hydrogens is 312 g/mol. The summed E-state index contributed by atoms with van der Waals surface area (Å²) in [5.74, 6) is 1.98. The van der Waals surface area contributed by atoms with Crippen LogP contribution >= 0.6 is 23.5 Å². The quantitative estimate of drug-likeness (QED) is 0.753. The van der Waals surface area contributed by atoms with E-state index in [0.717, 1.165) is 32.5 Å². The summed E-state index contributed by atoms with van der Waals surface area (Å²) in [6.07, 6.45) is 8.66. The molecule has 2 aliphatic carbocycles. The molecule has 6 unspecified atom stereocenters. The second kappa shape index (κ2) is 5.55. The third-order valence-electron chi connectivity index (χ3n) is 5.31. The summed E-state index contributed by atoms with van der Waals surface area (Å²) in [6.45, 7) is 0. The number of thioether (sulfide) groups is 2. The Balaban J connectivity index is 1.25. The molecule has 0 radical (unpaired) electrons. The lowest BCUT2D eigenvalue weighted by molar-refractivity contribution is 0.167. The zero-order valence-electron chi connectivity index (χ0n) is 12.6. The molecule has 4 heteroatoms. The van der Waals surface area contributed by atoms with Crippen LogP contribution < -0.4 is 9.47 Å². The third-order valence-corrected chi connectivity index (χ3v) is 8.33. The standard InChI is InChI=1S/C18H22O2S2/c1-4-11(19-13-6-2-8-15-17(13)21-15)10-12(5-1)20-14-7-3-9-16-18(14)22-16/h1,4-5,10,13-18H,2-3,6-9H2. The highest BCUT2D eigenvalue weighted by Crippen LogP contribution is 2.53. The predicted octanol–water partition coefficient (Wildman–Crippen LogP) is 4.52. The topological polar surface area (TPSA) is 18.5 Å². The van der Waals surface area contributed by atoms with Crippen molar-refractivity contribution >= 4 is 23.5 Å². The molecule has 0 N–H and O–H groups in total. The van der Waals surface area contributed by atoms with Crippen molar-refractivity contribution in [2.24, 2.45) is 0 Å². The van der Waals surface area contributed by atoms with Crippen LogP contribution in [0.5, 0.6) is 11.5 Å². The van der Waals surface area contributed by atoms with E-state index in [9.17, 15) is 0 Å². The number of rotatable bonds is 4. The van der Waals surface area contributed by atoms with Crippen molar-refractivity contribution in [3.63, 3.8) is 0 Å². The van der Waals surface area contributed by atoms with Crippen molar-refractivity contribution in [2.75, 3.05) is 0 Å². The van der Waals surface area contributed by atoms with E-state index >= 15 is 0 Å². The molecule has 4 aliphatic rings. The van der Waals surface area contributed by atoms with Crippen molar-refractivity contribution in [3.8, 4) is 11.5 Å². The third kappa shape index (κ3) is 2.73. The summed E-state index contributed by atoms with van der Waals surface area (Å²) in [6, 6.07) is 8.34. The molecule has 2 heterocycles. The van der Waals surface area contributed by atoms with Crippen molar-refractivity contribution < 1.29 is 9.47 Å². The van der Waals surface area contributed by atoms with E-state index in [4.69, 9.17) is 9.47 Å². The lowest BCUT2D eigenvalue weighted by Gasteiger charge is -2.24. The van der Waals surface area contributed by atoms with Crippen LogP contribution in [0.4, 0.5) is 0 Å².